The SMILES string of the molecule is COc1ccc(CCN=C(N)N2CCCCCC2)c(OC)c1OC.I. The molecule has 1 aromatic carbocycles. The van der Waals surface area contributed by atoms with Gasteiger partial charge in [-0.05, 0) is 25.3 Å². The molecule has 0 radical (unpaired) electrons. The van der Waals surface area contributed by atoms with Gasteiger partial charge in [0.2, 0.25) is 5.75 Å². The van der Waals surface area contributed by atoms with Crippen LogP contribution in [0.4, 0.5) is 0 Å². The molecule has 0 aromatic heterocycles. The Bertz CT molecular complexity index is 559. The van der Waals surface area contributed by atoms with E-state index in [9.17, 15) is 0 Å². The van der Waals surface area contributed by atoms with Gasteiger partial charge in [-0.15, -0.1) is 24.0 Å². The lowest BCUT2D eigenvalue weighted by atomic mass is 10.1. The molecule has 0 bridgehead atoms. The second-order valence-corrected chi connectivity index (χ2v) is 5.88. The Labute approximate surface area is 167 Å². The molecule has 1 heterocycles. The van der Waals surface area contributed by atoms with E-state index in [-0.39, 0.29) is 24.0 Å². The van der Waals surface area contributed by atoms with Gasteiger partial charge in [-0.25, -0.2) is 0 Å². The number of hydrogen-bond acceptors (Lipinski definition) is 4. The van der Waals surface area contributed by atoms with E-state index in [2.05, 4.69) is 9.89 Å². The molecule has 7 heteroatoms. The van der Waals surface area contributed by atoms with Crippen LogP contribution in [0.2, 0.25) is 0 Å². The fourth-order valence-electron chi connectivity index (χ4n) is 3.05. The van der Waals surface area contributed by atoms with Gasteiger partial charge in [0.05, 0.1) is 21.3 Å². The summed E-state index contributed by atoms with van der Waals surface area (Å²) in [4.78, 5) is 6.74. The van der Waals surface area contributed by atoms with Crippen molar-refractivity contribution in [1.82, 2.24) is 4.90 Å². The highest BCUT2D eigenvalue weighted by Gasteiger charge is 2.16. The van der Waals surface area contributed by atoms with Crippen molar-refractivity contribution in [2.75, 3.05) is 41.0 Å². The average Bonchev–Trinajstić information content (AvgIpc) is 2.90. The highest BCUT2D eigenvalue weighted by molar-refractivity contribution is 14.0. The van der Waals surface area contributed by atoms with Crippen molar-refractivity contribution in [2.24, 2.45) is 10.7 Å². The van der Waals surface area contributed by atoms with Crippen molar-refractivity contribution < 1.29 is 14.2 Å². The summed E-state index contributed by atoms with van der Waals surface area (Å²) in [6.07, 6.45) is 5.69. The van der Waals surface area contributed by atoms with Gasteiger partial charge in [-0.1, -0.05) is 18.9 Å². The van der Waals surface area contributed by atoms with Crippen LogP contribution in [0.1, 0.15) is 31.2 Å². The summed E-state index contributed by atoms with van der Waals surface area (Å²) in [6, 6.07) is 3.87. The van der Waals surface area contributed by atoms with Gasteiger partial charge in [-0.2, -0.15) is 0 Å². The zero-order chi connectivity index (χ0) is 17.4. The first-order valence-corrected chi connectivity index (χ1v) is 8.54. The number of likely N-dealkylation sites (tertiary alicyclic amines) is 1. The van der Waals surface area contributed by atoms with Gasteiger partial charge in [0.15, 0.2) is 17.5 Å². The Morgan fingerprint density at radius 1 is 1.00 bits per heavy atom. The summed E-state index contributed by atoms with van der Waals surface area (Å²) in [5, 5.41) is 0. The minimum Gasteiger partial charge on any atom is -0.493 e. The summed E-state index contributed by atoms with van der Waals surface area (Å²) in [6.45, 7) is 2.64. The van der Waals surface area contributed by atoms with Crippen molar-refractivity contribution in [1.29, 1.82) is 0 Å². The van der Waals surface area contributed by atoms with Crippen LogP contribution in [0, 0.1) is 0 Å². The second kappa shape index (κ2) is 11.3. The molecule has 2 rings (SSSR count). The zero-order valence-electron chi connectivity index (χ0n) is 15.4. The van der Waals surface area contributed by atoms with Crippen LogP contribution < -0.4 is 19.9 Å². The third kappa shape index (κ3) is 5.83. The second-order valence-electron chi connectivity index (χ2n) is 5.88. The van der Waals surface area contributed by atoms with E-state index in [0.29, 0.717) is 29.8 Å². The summed E-state index contributed by atoms with van der Waals surface area (Å²) in [5.74, 6) is 2.62. The Balaban J connectivity index is 0.00000312. The lowest BCUT2D eigenvalue weighted by molar-refractivity contribution is 0.322. The van der Waals surface area contributed by atoms with Crippen molar-refractivity contribution in [3.05, 3.63) is 17.7 Å². The molecule has 25 heavy (non-hydrogen) atoms. The van der Waals surface area contributed by atoms with Crippen LogP contribution in [0.5, 0.6) is 17.2 Å². The number of aliphatic imine (C=N–C) groups is 1. The van der Waals surface area contributed by atoms with Crippen LogP contribution in [-0.4, -0.2) is 51.8 Å². The molecule has 0 aliphatic carbocycles. The van der Waals surface area contributed by atoms with Gasteiger partial charge in [0, 0.05) is 25.2 Å². The highest BCUT2D eigenvalue weighted by Crippen LogP contribution is 2.39. The summed E-state index contributed by atoms with van der Waals surface area (Å²) < 4.78 is 16.2. The molecule has 1 aromatic rings. The van der Waals surface area contributed by atoms with Crippen LogP contribution >= 0.6 is 24.0 Å². The topological polar surface area (TPSA) is 69.3 Å². The first kappa shape index (κ1) is 21.7. The molecule has 1 aliphatic rings. The minimum absolute atomic E-state index is 0. The van der Waals surface area contributed by atoms with Gasteiger partial charge >= 0.3 is 0 Å². The smallest absolute Gasteiger partial charge is 0.203 e. The predicted octanol–water partition coefficient (Wildman–Crippen LogP) is 3.06. The maximum Gasteiger partial charge on any atom is 0.203 e. The highest BCUT2D eigenvalue weighted by atomic mass is 127. The number of nitrogens with two attached hydrogens (primary N) is 1. The maximum absolute atomic E-state index is 6.15. The van der Waals surface area contributed by atoms with Crippen molar-refractivity contribution in [3.8, 4) is 17.2 Å². The number of guanidine groups is 1. The van der Waals surface area contributed by atoms with Crippen LogP contribution in [0.15, 0.2) is 17.1 Å². The molecule has 6 nitrogen and oxygen atoms in total. The fraction of sp³-hybridized carbons (Fsp3) is 0.611. The summed E-state index contributed by atoms with van der Waals surface area (Å²) in [7, 11) is 4.86. The molecule has 142 valence electrons. The average molecular weight is 463 g/mol. The van der Waals surface area contributed by atoms with E-state index < -0.39 is 0 Å². The molecule has 0 amide bonds. The quantitative estimate of drug-likeness (QED) is 0.399. The lowest BCUT2D eigenvalue weighted by Crippen LogP contribution is -2.38. The van der Waals surface area contributed by atoms with E-state index in [1.165, 1.54) is 25.7 Å². The molecule has 1 aliphatic heterocycles. The van der Waals surface area contributed by atoms with Crippen LogP contribution in [-0.2, 0) is 6.42 Å². The molecular weight excluding hydrogens is 433 g/mol. The number of benzene rings is 1. The summed E-state index contributed by atoms with van der Waals surface area (Å²) >= 11 is 0. The van der Waals surface area contributed by atoms with Gasteiger partial charge in [0.25, 0.3) is 0 Å². The molecular formula is C18H30IN3O3. The van der Waals surface area contributed by atoms with E-state index in [1.807, 2.05) is 12.1 Å². The van der Waals surface area contributed by atoms with E-state index in [4.69, 9.17) is 19.9 Å². The number of rotatable bonds is 6. The van der Waals surface area contributed by atoms with Crippen molar-refractivity contribution in [2.45, 2.75) is 32.1 Å². The molecule has 0 spiro atoms. The van der Waals surface area contributed by atoms with Crippen molar-refractivity contribution in [3.63, 3.8) is 0 Å². The van der Waals surface area contributed by atoms with Crippen molar-refractivity contribution >= 4 is 29.9 Å². The predicted molar refractivity (Wildman–Crippen MR) is 112 cm³/mol. The Morgan fingerprint density at radius 2 is 1.64 bits per heavy atom. The maximum atomic E-state index is 6.15. The molecule has 0 unspecified atom stereocenters. The number of halogens is 1. The zero-order valence-corrected chi connectivity index (χ0v) is 17.7. The van der Waals surface area contributed by atoms with Crippen LogP contribution in [0.3, 0.4) is 0 Å². The lowest BCUT2D eigenvalue weighted by Gasteiger charge is -2.21. The van der Waals surface area contributed by atoms with Gasteiger partial charge in [-0.3, -0.25) is 4.99 Å². The largest absolute Gasteiger partial charge is 0.493 e. The first-order valence-electron chi connectivity index (χ1n) is 8.54. The molecule has 1 fully saturated rings. The van der Waals surface area contributed by atoms with Crippen LogP contribution in [0.25, 0.3) is 0 Å². The first-order chi connectivity index (χ1) is 11.7. The fourth-order valence-corrected chi connectivity index (χ4v) is 3.05. The number of ether oxygens (including phenoxy) is 3. The molecule has 1 saturated heterocycles. The molecule has 0 atom stereocenters. The monoisotopic (exact) mass is 463 g/mol. The van der Waals surface area contributed by atoms with E-state index in [0.717, 1.165) is 25.1 Å². The standard InChI is InChI=1S/C18H29N3O3.HI/c1-22-15-9-8-14(16(23-2)17(15)24-3)10-11-20-18(19)21-12-6-4-5-7-13-21;/h8-9H,4-7,10-13H2,1-3H3,(H2,19,20);1H. The van der Waals surface area contributed by atoms with E-state index in [1.54, 1.807) is 21.3 Å². The summed E-state index contributed by atoms with van der Waals surface area (Å²) in [5.41, 5.74) is 7.18. The Hall–Kier alpha value is -1.38. The number of methoxy groups -OCH3 is 3. The molecule has 2 N–H and O–H groups in total. The molecule has 0 saturated carbocycles. The minimum atomic E-state index is 0. The van der Waals surface area contributed by atoms with Gasteiger partial charge < -0.3 is 24.8 Å². The number of nitrogens with zero attached hydrogens (tertiary/aromatic N) is 2. The Kier molecular flexibility index (Phi) is 9.77. The van der Waals surface area contributed by atoms with E-state index >= 15 is 0 Å². The third-order valence-electron chi connectivity index (χ3n) is 4.37. The van der Waals surface area contributed by atoms with Gasteiger partial charge in [0.1, 0.15) is 0 Å². The third-order valence-corrected chi connectivity index (χ3v) is 4.37. The Morgan fingerprint density at radius 3 is 2.20 bits per heavy atom. The number of hydrogen-bond donors (Lipinski definition) is 1. The normalized spacial score (nSPS) is 15.2.